The molecule has 0 spiro atoms. The van der Waals surface area contributed by atoms with E-state index in [1.54, 1.807) is 6.92 Å². The number of aryl methyl sites for hydroxylation is 1. The molecule has 0 saturated heterocycles. The number of esters is 1. The molecule has 3 N–H and O–H groups in total. The molecule has 3 rings (SSSR count). The number of halogens is 6. The van der Waals surface area contributed by atoms with Gasteiger partial charge in [0.25, 0.3) is 5.60 Å². The summed E-state index contributed by atoms with van der Waals surface area (Å²) in [4.78, 5) is 16.7. The number of nitrogens with zero attached hydrogens (tertiary/aromatic N) is 1. The lowest BCUT2D eigenvalue weighted by molar-refractivity contribution is -0.274. The summed E-state index contributed by atoms with van der Waals surface area (Å²) in [5, 5.41) is 1.90. The van der Waals surface area contributed by atoms with E-state index in [0.717, 1.165) is 12.1 Å². The summed E-state index contributed by atoms with van der Waals surface area (Å²) in [6, 6.07) is 7.80. The third-order valence-electron chi connectivity index (χ3n) is 4.52. The summed E-state index contributed by atoms with van der Waals surface area (Å²) in [7, 11) is 1.23. The standard InChI is InChI=1S/C19H13Cl3F3NO3.H3N/c1-9-5-10(3-4-14(9)17(27)28-2)15-16(22)18(29-26-15,19(23,24)25)11-6-12(20)8-13(21)7-11;/h3-8,16H,1-2H3;1H3. The molecule has 0 saturated carbocycles. The van der Waals surface area contributed by atoms with Gasteiger partial charge in [-0.2, -0.15) is 13.2 Å². The summed E-state index contributed by atoms with van der Waals surface area (Å²) in [5.74, 6) is -0.570. The largest absolute Gasteiger partial charge is 0.465 e. The summed E-state index contributed by atoms with van der Waals surface area (Å²) in [6.07, 6.45) is -4.93. The highest BCUT2D eigenvalue weighted by atomic mass is 35.5. The zero-order valence-electron chi connectivity index (χ0n) is 15.7. The highest BCUT2D eigenvalue weighted by molar-refractivity contribution is 6.37. The molecule has 0 aromatic heterocycles. The van der Waals surface area contributed by atoms with E-state index >= 15 is 0 Å². The van der Waals surface area contributed by atoms with E-state index in [2.05, 4.69) is 9.89 Å². The van der Waals surface area contributed by atoms with E-state index in [9.17, 15) is 18.0 Å². The highest BCUT2D eigenvalue weighted by Gasteiger charge is 2.68. The van der Waals surface area contributed by atoms with Crippen LogP contribution in [-0.4, -0.2) is 30.3 Å². The molecule has 1 heterocycles. The van der Waals surface area contributed by atoms with Gasteiger partial charge >= 0.3 is 12.1 Å². The maximum Gasteiger partial charge on any atom is 0.437 e. The number of carbonyl (C=O) groups excluding carboxylic acids is 1. The van der Waals surface area contributed by atoms with Crippen molar-refractivity contribution in [3.63, 3.8) is 0 Å². The quantitative estimate of drug-likeness (QED) is 0.425. The fourth-order valence-corrected chi connectivity index (χ4v) is 4.08. The number of rotatable bonds is 3. The second-order valence-corrected chi connectivity index (χ2v) is 7.65. The summed E-state index contributed by atoms with van der Waals surface area (Å²) in [5.41, 5.74) is -2.46. The molecule has 2 unspecified atom stereocenters. The van der Waals surface area contributed by atoms with Gasteiger partial charge in [-0.15, -0.1) is 11.6 Å². The predicted octanol–water partition coefficient (Wildman–Crippen LogP) is 6.05. The van der Waals surface area contributed by atoms with Crippen LogP contribution in [0.25, 0.3) is 0 Å². The van der Waals surface area contributed by atoms with E-state index in [1.807, 2.05) is 0 Å². The Morgan fingerprint density at radius 2 is 1.77 bits per heavy atom. The van der Waals surface area contributed by atoms with Crippen molar-refractivity contribution in [1.82, 2.24) is 6.15 Å². The molecule has 11 heteroatoms. The van der Waals surface area contributed by atoms with Gasteiger partial charge in [0.05, 0.1) is 12.7 Å². The van der Waals surface area contributed by atoms with Gasteiger partial charge in [-0.05, 0) is 42.8 Å². The van der Waals surface area contributed by atoms with Crippen molar-refractivity contribution in [2.75, 3.05) is 7.11 Å². The van der Waals surface area contributed by atoms with Crippen molar-refractivity contribution in [2.45, 2.75) is 24.1 Å². The van der Waals surface area contributed by atoms with Crippen LogP contribution in [0.1, 0.15) is 27.0 Å². The molecule has 1 aliphatic rings. The Kier molecular flexibility index (Phi) is 6.98. The van der Waals surface area contributed by atoms with Gasteiger partial charge < -0.3 is 15.7 Å². The van der Waals surface area contributed by atoms with E-state index in [1.165, 1.54) is 31.4 Å². The fourth-order valence-electron chi connectivity index (χ4n) is 3.09. The summed E-state index contributed by atoms with van der Waals surface area (Å²) < 4.78 is 47.2. The van der Waals surface area contributed by atoms with E-state index in [4.69, 9.17) is 39.6 Å². The molecule has 0 aliphatic carbocycles. The molecule has 0 amide bonds. The van der Waals surface area contributed by atoms with Crippen molar-refractivity contribution in [3.05, 3.63) is 68.7 Å². The van der Waals surface area contributed by atoms with E-state index in [-0.39, 0.29) is 38.6 Å². The van der Waals surface area contributed by atoms with Crippen LogP contribution in [0.3, 0.4) is 0 Å². The number of carbonyl (C=O) groups is 1. The molecular formula is C19H16Cl3F3N2O3. The SMILES string of the molecule is COC(=O)c1ccc(C2=NOC(c3cc(Cl)cc(Cl)c3)(C(F)(F)F)C2Cl)cc1C.N. The molecule has 2 aromatic rings. The number of methoxy groups -OCH3 is 1. The first kappa shape index (κ1) is 24.3. The van der Waals surface area contributed by atoms with Crippen LogP contribution in [0, 0.1) is 6.92 Å². The Bertz CT molecular complexity index is 994. The lowest BCUT2D eigenvalue weighted by atomic mass is 9.85. The number of ether oxygens (including phenoxy) is 1. The molecule has 0 bridgehead atoms. The molecule has 0 radical (unpaired) electrons. The van der Waals surface area contributed by atoms with Crippen LogP contribution in [-0.2, 0) is 15.2 Å². The van der Waals surface area contributed by atoms with Gasteiger partial charge in [-0.1, -0.05) is 34.4 Å². The average Bonchev–Trinajstić information content (AvgIpc) is 2.98. The minimum Gasteiger partial charge on any atom is -0.465 e. The van der Waals surface area contributed by atoms with Gasteiger partial charge in [-0.25, -0.2) is 4.79 Å². The Morgan fingerprint density at radius 3 is 2.27 bits per heavy atom. The first-order valence-electron chi connectivity index (χ1n) is 8.14. The van der Waals surface area contributed by atoms with Gasteiger partial charge in [0.2, 0.25) is 0 Å². The molecule has 1 aliphatic heterocycles. The molecule has 2 aromatic carbocycles. The Labute approximate surface area is 185 Å². The van der Waals surface area contributed by atoms with Crippen LogP contribution >= 0.6 is 34.8 Å². The van der Waals surface area contributed by atoms with Gasteiger partial charge in [-0.3, -0.25) is 0 Å². The van der Waals surface area contributed by atoms with Crippen LogP contribution in [0.5, 0.6) is 0 Å². The highest BCUT2D eigenvalue weighted by Crippen LogP contribution is 2.51. The second kappa shape index (κ2) is 8.63. The smallest absolute Gasteiger partial charge is 0.437 e. The monoisotopic (exact) mass is 482 g/mol. The number of alkyl halides is 4. The van der Waals surface area contributed by atoms with Crippen molar-refractivity contribution < 1.29 is 27.5 Å². The third kappa shape index (κ3) is 3.97. The number of hydrogen-bond acceptors (Lipinski definition) is 5. The molecule has 162 valence electrons. The Balaban J connectivity index is 0.00000320. The molecule has 2 atom stereocenters. The number of benzene rings is 2. The average molecular weight is 484 g/mol. The maximum absolute atomic E-state index is 14.2. The Hall–Kier alpha value is -2.00. The number of hydrogen-bond donors (Lipinski definition) is 1. The predicted molar refractivity (Wildman–Crippen MR) is 109 cm³/mol. The van der Waals surface area contributed by atoms with Crippen LogP contribution in [0.4, 0.5) is 13.2 Å². The summed E-state index contributed by atoms with van der Waals surface area (Å²) >= 11 is 18.1. The topological polar surface area (TPSA) is 82.9 Å². The zero-order chi connectivity index (χ0) is 21.6. The van der Waals surface area contributed by atoms with Gasteiger partial charge in [0.15, 0.2) is 0 Å². The lowest BCUT2D eigenvalue weighted by Gasteiger charge is -2.32. The normalized spacial score (nSPS) is 20.8. The minimum absolute atomic E-state index is 0. The lowest BCUT2D eigenvalue weighted by Crippen LogP contribution is -2.50. The van der Waals surface area contributed by atoms with Crippen LogP contribution in [0.15, 0.2) is 41.6 Å². The molecular weight excluding hydrogens is 468 g/mol. The molecule has 5 nitrogen and oxygen atoms in total. The molecule has 30 heavy (non-hydrogen) atoms. The van der Waals surface area contributed by atoms with Crippen LogP contribution < -0.4 is 6.15 Å². The van der Waals surface area contributed by atoms with Crippen molar-refractivity contribution in [1.29, 1.82) is 0 Å². The zero-order valence-corrected chi connectivity index (χ0v) is 18.0. The van der Waals surface area contributed by atoms with Gasteiger partial charge in [0.1, 0.15) is 11.1 Å². The first-order chi connectivity index (χ1) is 13.5. The second-order valence-electron chi connectivity index (χ2n) is 6.34. The number of oxime groups is 1. The van der Waals surface area contributed by atoms with E-state index < -0.39 is 23.1 Å². The maximum atomic E-state index is 14.2. The minimum atomic E-state index is -4.93. The van der Waals surface area contributed by atoms with Crippen molar-refractivity contribution in [2.24, 2.45) is 5.16 Å². The first-order valence-corrected chi connectivity index (χ1v) is 9.33. The summed E-state index contributed by atoms with van der Waals surface area (Å²) in [6.45, 7) is 1.61. The van der Waals surface area contributed by atoms with Crippen molar-refractivity contribution in [3.8, 4) is 0 Å². The fraction of sp³-hybridized carbons (Fsp3) is 0.263. The van der Waals surface area contributed by atoms with Gasteiger partial charge in [0, 0.05) is 21.2 Å². The Morgan fingerprint density at radius 1 is 1.17 bits per heavy atom. The van der Waals surface area contributed by atoms with E-state index in [0.29, 0.717) is 5.56 Å². The third-order valence-corrected chi connectivity index (χ3v) is 5.48. The molecule has 0 fully saturated rings. The van der Waals surface area contributed by atoms with Crippen LogP contribution in [0.2, 0.25) is 10.0 Å². The van der Waals surface area contributed by atoms with Crippen molar-refractivity contribution >= 4 is 46.5 Å².